The first-order valence-electron chi connectivity index (χ1n) is 6.03. The Balaban J connectivity index is 2.18. The van der Waals surface area contributed by atoms with Gasteiger partial charge in [0, 0.05) is 15.6 Å². The van der Waals surface area contributed by atoms with Crippen molar-refractivity contribution < 1.29 is 13.2 Å². The van der Waals surface area contributed by atoms with E-state index in [0.717, 1.165) is 12.1 Å². The molecule has 0 N–H and O–H groups in total. The van der Waals surface area contributed by atoms with Crippen LogP contribution in [0.25, 0.3) is 0 Å². The van der Waals surface area contributed by atoms with Crippen molar-refractivity contribution in [3.63, 3.8) is 0 Å². The average molecular weight is 354 g/mol. The van der Waals surface area contributed by atoms with Gasteiger partial charge in [0.15, 0.2) is 0 Å². The number of alkyl halides is 4. The monoisotopic (exact) mass is 352 g/mol. The van der Waals surface area contributed by atoms with Gasteiger partial charge in [0.1, 0.15) is 0 Å². The molecule has 0 heterocycles. The average Bonchev–Trinajstić information content (AvgIpc) is 2.38. The van der Waals surface area contributed by atoms with Gasteiger partial charge in [-0.3, -0.25) is 0 Å². The van der Waals surface area contributed by atoms with Gasteiger partial charge in [-0.1, -0.05) is 41.4 Å². The van der Waals surface area contributed by atoms with Gasteiger partial charge in [0.05, 0.1) is 10.9 Å². The summed E-state index contributed by atoms with van der Waals surface area (Å²) < 4.78 is 37.5. The Morgan fingerprint density at radius 3 is 1.90 bits per heavy atom. The third-order valence-corrected chi connectivity index (χ3v) is 4.04. The molecule has 1 unspecified atom stereocenters. The van der Waals surface area contributed by atoms with Gasteiger partial charge in [-0.25, -0.2) is 0 Å². The van der Waals surface area contributed by atoms with Crippen molar-refractivity contribution >= 4 is 34.8 Å². The molecule has 0 bridgehead atoms. The highest BCUT2D eigenvalue weighted by Crippen LogP contribution is 2.36. The molecule has 0 saturated carbocycles. The zero-order valence-electron chi connectivity index (χ0n) is 10.6. The van der Waals surface area contributed by atoms with Crippen molar-refractivity contribution in [3.05, 3.63) is 69.2 Å². The zero-order chi connectivity index (χ0) is 15.6. The molecular formula is C15H10Cl3F3. The summed E-state index contributed by atoms with van der Waals surface area (Å²) in [6.07, 6.45) is -4.01. The normalized spacial score (nSPS) is 13.2. The highest BCUT2D eigenvalue weighted by Gasteiger charge is 2.30. The van der Waals surface area contributed by atoms with E-state index in [4.69, 9.17) is 34.8 Å². The largest absolute Gasteiger partial charge is 0.416 e. The molecule has 6 heteroatoms. The third kappa shape index (κ3) is 4.06. The number of hydrogen-bond acceptors (Lipinski definition) is 0. The summed E-state index contributed by atoms with van der Waals surface area (Å²) >= 11 is 18.4. The molecule has 2 rings (SSSR count). The van der Waals surface area contributed by atoms with Crippen molar-refractivity contribution in [2.45, 2.75) is 18.0 Å². The molecule has 0 aliphatic carbocycles. The van der Waals surface area contributed by atoms with Crippen molar-refractivity contribution in [2.24, 2.45) is 0 Å². The van der Waals surface area contributed by atoms with E-state index in [2.05, 4.69) is 0 Å². The minimum Gasteiger partial charge on any atom is -0.166 e. The Morgan fingerprint density at radius 2 is 1.43 bits per heavy atom. The lowest BCUT2D eigenvalue weighted by atomic mass is 10.0. The summed E-state index contributed by atoms with van der Waals surface area (Å²) in [4.78, 5) is 0. The number of benzene rings is 2. The summed E-state index contributed by atoms with van der Waals surface area (Å²) in [6, 6.07) is 9.93. The molecule has 2 aromatic carbocycles. The maximum Gasteiger partial charge on any atom is 0.416 e. The van der Waals surface area contributed by atoms with Gasteiger partial charge in [0.25, 0.3) is 0 Å². The van der Waals surface area contributed by atoms with E-state index in [1.54, 1.807) is 18.2 Å². The van der Waals surface area contributed by atoms with E-state index in [1.165, 1.54) is 12.1 Å². The molecule has 0 aliphatic heterocycles. The van der Waals surface area contributed by atoms with E-state index in [0.29, 0.717) is 27.6 Å². The second kappa shape index (κ2) is 6.47. The van der Waals surface area contributed by atoms with Crippen LogP contribution in [0.2, 0.25) is 10.0 Å². The summed E-state index contributed by atoms with van der Waals surface area (Å²) in [5.74, 6) is 0. The molecule has 0 spiro atoms. The van der Waals surface area contributed by atoms with E-state index < -0.39 is 17.1 Å². The maximum absolute atomic E-state index is 12.5. The third-order valence-electron chi connectivity index (χ3n) is 3.01. The topological polar surface area (TPSA) is 0 Å². The molecule has 0 aliphatic rings. The van der Waals surface area contributed by atoms with Gasteiger partial charge >= 0.3 is 6.18 Å². The molecule has 0 aromatic heterocycles. The minimum atomic E-state index is -4.34. The maximum atomic E-state index is 12.5. The molecule has 0 radical (unpaired) electrons. The molecule has 1 atom stereocenters. The highest BCUT2D eigenvalue weighted by atomic mass is 35.5. The quantitative estimate of drug-likeness (QED) is 0.550. The molecule has 112 valence electrons. The van der Waals surface area contributed by atoms with Gasteiger partial charge < -0.3 is 0 Å². The van der Waals surface area contributed by atoms with Crippen LogP contribution in [-0.4, -0.2) is 0 Å². The van der Waals surface area contributed by atoms with Crippen molar-refractivity contribution in [2.75, 3.05) is 0 Å². The van der Waals surface area contributed by atoms with Gasteiger partial charge in [-0.05, 0) is 36.2 Å². The van der Waals surface area contributed by atoms with Crippen LogP contribution >= 0.6 is 34.8 Å². The molecule has 2 aromatic rings. The van der Waals surface area contributed by atoms with Crippen LogP contribution in [0.15, 0.2) is 42.5 Å². The highest BCUT2D eigenvalue weighted by molar-refractivity contribution is 6.37. The Labute approximate surface area is 135 Å². The van der Waals surface area contributed by atoms with E-state index in [9.17, 15) is 13.2 Å². The lowest BCUT2D eigenvalue weighted by molar-refractivity contribution is -0.137. The van der Waals surface area contributed by atoms with Gasteiger partial charge in [-0.15, -0.1) is 11.6 Å². The molecule has 21 heavy (non-hydrogen) atoms. The summed E-state index contributed by atoms with van der Waals surface area (Å²) in [5.41, 5.74) is 0.578. The second-order valence-corrected chi connectivity index (χ2v) is 5.84. The van der Waals surface area contributed by atoms with Crippen LogP contribution in [0, 0.1) is 0 Å². The van der Waals surface area contributed by atoms with Crippen molar-refractivity contribution in [3.8, 4) is 0 Å². The minimum absolute atomic E-state index is 0.336. The fourth-order valence-electron chi connectivity index (χ4n) is 1.95. The fraction of sp³-hybridized carbons (Fsp3) is 0.200. The van der Waals surface area contributed by atoms with Gasteiger partial charge in [-0.2, -0.15) is 13.2 Å². The molecule has 0 fully saturated rings. The molecule has 0 nitrogen and oxygen atoms in total. The van der Waals surface area contributed by atoms with Gasteiger partial charge in [0.2, 0.25) is 0 Å². The Bertz CT molecular complexity index is 601. The van der Waals surface area contributed by atoms with Crippen molar-refractivity contribution in [1.82, 2.24) is 0 Å². The Kier molecular flexibility index (Phi) is 5.07. The molecule has 0 saturated heterocycles. The van der Waals surface area contributed by atoms with Crippen LogP contribution < -0.4 is 0 Å². The predicted molar refractivity (Wildman–Crippen MR) is 80.2 cm³/mol. The standard InChI is InChI=1S/C15H10Cl3F3/c16-11-2-1-3-12(17)14(11)13(18)8-9-4-6-10(7-5-9)15(19,20)21/h1-7,13H,8H2. The van der Waals surface area contributed by atoms with Crippen LogP contribution in [-0.2, 0) is 12.6 Å². The lowest BCUT2D eigenvalue weighted by Crippen LogP contribution is -2.05. The Morgan fingerprint density at radius 1 is 0.905 bits per heavy atom. The summed E-state index contributed by atoms with van der Waals surface area (Å²) in [7, 11) is 0. The fourth-order valence-corrected chi connectivity index (χ4v) is 3.13. The first-order valence-corrected chi connectivity index (χ1v) is 7.22. The first-order chi connectivity index (χ1) is 9.79. The van der Waals surface area contributed by atoms with Crippen LogP contribution in [0.4, 0.5) is 13.2 Å². The van der Waals surface area contributed by atoms with Crippen molar-refractivity contribution in [1.29, 1.82) is 0 Å². The summed E-state index contributed by atoms with van der Waals surface area (Å²) in [6.45, 7) is 0. The first kappa shape index (κ1) is 16.5. The SMILES string of the molecule is FC(F)(F)c1ccc(CC(Cl)c2c(Cl)cccc2Cl)cc1. The summed E-state index contributed by atoms with van der Waals surface area (Å²) in [5, 5.41) is 0.367. The number of hydrogen-bond donors (Lipinski definition) is 0. The van der Waals surface area contributed by atoms with E-state index in [-0.39, 0.29) is 0 Å². The smallest absolute Gasteiger partial charge is 0.166 e. The Hall–Kier alpha value is -0.900. The van der Waals surface area contributed by atoms with Crippen LogP contribution in [0.3, 0.4) is 0 Å². The van der Waals surface area contributed by atoms with E-state index in [1.807, 2.05) is 0 Å². The predicted octanol–water partition coefficient (Wildman–Crippen LogP) is 6.53. The second-order valence-electron chi connectivity index (χ2n) is 4.50. The number of halogens is 6. The number of rotatable bonds is 3. The molecule has 0 amide bonds. The molecular weight excluding hydrogens is 344 g/mol. The van der Waals surface area contributed by atoms with Crippen LogP contribution in [0.5, 0.6) is 0 Å². The van der Waals surface area contributed by atoms with E-state index >= 15 is 0 Å². The zero-order valence-corrected chi connectivity index (χ0v) is 12.9. The lowest BCUT2D eigenvalue weighted by Gasteiger charge is -2.14. The van der Waals surface area contributed by atoms with Crippen LogP contribution in [0.1, 0.15) is 22.1 Å².